The maximum atomic E-state index is 12.4. The highest BCUT2D eigenvalue weighted by atomic mass is 35.5. The van der Waals surface area contributed by atoms with Gasteiger partial charge in [0.1, 0.15) is 29.5 Å². The third kappa shape index (κ3) is 4.82. The predicted molar refractivity (Wildman–Crippen MR) is 113 cm³/mol. The van der Waals surface area contributed by atoms with Gasteiger partial charge in [-0.3, -0.25) is 10.1 Å². The molecule has 4 aromatic rings. The number of hydrogen-bond donors (Lipinski definition) is 1. The Balaban J connectivity index is 1.34. The second-order valence-corrected chi connectivity index (χ2v) is 7.10. The molecule has 0 saturated carbocycles. The second-order valence-electron chi connectivity index (χ2n) is 6.31. The van der Waals surface area contributed by atoms with Crippen LogP contribution >= 0.6 is 23.2 Å². The van der Waals surface area contributed by atoms with E-state index in [9.17, 15) is 4.79 Å². The molecule has 2 aromatic heterocycles. The molecule has 0 radical (unpaired) electrons. The fourth-order valence-corrected chi connectivity index (χ4v) is 3.03. The van der Waals surface area contributed by atoms with Crippen molar-refractivity contribution < 1.29 is 13.9 Å². The van der Waals surface area contributed by atoms with Crippen molar-refractivity contribution in [2.75, 3.05) is 5.32 Å². The molecular formula is C21H16Cl2N4O3. The molecule has 0 atom stereocenters. The van der Waals surface area contributed by atoms with Gasteiger partial charge >= 0.3 is 0 Å². The van der Waals surface area contributed by atoms with Crippen molar-refractivity contribution in [3.05, 3.63) is 94.1 Å². The number of carbonyl (C=O) groups excluding carboxylic acids is 1. The van der Waals surface area contributed by atoms with E-state index >= 15 is 0 Å². The van der Waals surface area contributed by atoms with Crippen LogP contribution < -0.4 is 10.1 Å². The molecule has 0 bridgehead atoms. The van der Waals surface area contributed by atoms with E-state index in [0.717, 1.165) is 5.56 Å². The number of nitrogens with one attached hydrogen (secondary N) is 1. The molecule has 0 aliphatic heterocycles. The largest absolute Gasteiger partial charge is 0.484 e. The number of amides is 1. The molecule has 9 heteroatoms. The summed E-state index contributed by atoms with van der Waals surface area (Å²) >= 11 is 12.1. The second kappa shape index (κ2) is 9.02. The number of halogens is 2. The normalized spacial score (nSPS) is 10.7. The Bertz CT molecular complexity index is 1160. The molecule has 0 fully saturated rings. The van der Waals surface area contributed by atoms with Crippen LogP contribution in [0.4, 0.5) is 5.95 Å². The number of rotatable bonds is 7. The first-order chi connectivity index (χ1) is 14.6. The Morgan fingerprint density at radius 3 is 2.73 bits per heavy atom. The molecule has 7 nitrogen and oxygen atoms in total. The summed E-state index contributed by atoms with van der Waals surface area (Å²) in [5, 5.41) is 7.58. The number of nitrogens with zero attached hydrogens (tertiary/aromatic N) is 3. The zero-order valence-corrected chi connectivity index (χ0v) is 17.1. The minimum atomic E-state index is -0.459. The first-order valence-electron chi connectivity index (χ1n) is 8.99. The van der Waals surface area contributed by atoms with Gasteiger partial charge in [-0.2, -0.15) is 0 Å². The Morgan fingerprint density at radius 2 is 1.90 bits per heavy atom. The average molecular weight is 443 g/mol. The van der Waals surface area contributed by atoms with E-state index in [4.69, 9.17) is 32.4 Å². The Morgan fingerprint density at radius 1 is 1.07 bits per heavy atom. The monoisotopic (exact) mass is 442 g/mol. The van der Waals surface area contributed by atoms with E-state index in [0.29, 0.717) is 28.1 Å². The van der Waals surface area contributed by atoms with Gasteiger partial charge in [-0.25, -0.2) is 9.67 Å². The Hall–Kier alpha value is -3.29. The number of furan rings is 1. The standard InChI is InChI=1S/C21H16Cl2N4O3/c22-16-7-4-8-17(19(16)23)29-12-15-9-10-18(30-15)20(28)25-21-24-13-27(26-21)11-14-5-2-1-3-6-14/h1-10,13H,11-12H2,(H,25,26,28). The summed E-state index contributed by atoms with van der Waals surface area (Å²) in [5.41, 5.74) is 1.08. The van der Waals surface area contributed by atoms with E-state index in [-0.39, 0.29) is 18.3 Å². The first kappa shape index (κ1) is 20.0. The third-order valence-corrected chi connectivity index (χ3v) is 4.92. The average Bonchev–Trinajstić information content (AvgIpc) is 3.39. The van der Waals surface area contributed by atoms with Crippen LogP contribution in [0.3, 0.4) is 0 Å². The van der Waals surface area contributed by atoms with Crippen molar-refractivity contribution in [2.45, 2.75) is 13.2 Å². The lowest BCUT2D eigenvalue weighted by Crippen LogP contribution is -2.12. The van der Waals surface area contributed by atoms with Crippen LogP contribution in [0.2, 0.25) is 10.0 Å². The van der Waals surface area contributed by atoms with Gasteiger partial charge in [-0.1, -0.05) is 59.6 Å². The number of carbonyl (C=O) groups is 1. The fourth-order valence-electron chi connectivity index (χ4n) is 2.68. The minimum Gasteiger partial charge on any atom is -0.484 e. The molecule has 2 heterocycles. The summed E-state index contributed by atoms with van der Waals surface area (Å²) in [6.07, 6.45) is 1.55. The van der Waals surface area contributed by atoms with Crippen LogP contribution in [-0.4, -0.2) is 20.7 Å². The van der Waals surface area contributed by atoms with Gasteiger partial charge < -0.3 is 9.15 Å². The van der Waals surface area contributed by atoms with Crippen LogP contribution in [0.1, 0.15) is 21.9 Å². The predicted octanol–water partition coefficient (Wildman–Crippen LogP) is 5.06. The first-order valence-corrected chi connectivity index (χ1v) is 9.74. The summed E-state index contributed by atoms with van der Waals surface area (Å²) in [7, 11) is 0. The van der Waals surface area contributed by atoms with Gasteiger partial charge in [0.25, 0.3) is 5.91 Å². The molecule has 152 valence electrons. The van der Waals surface area contributed by atoms with Crippen LogP contribution in [0.25, 0.3) is 0 Å². The summed E-state index contributed by atoms with van der Waals surface area (Å²) in [5.74, 6) is 0.735. The Kier molecular flexibility index (Phi) is 6.02. The van der Waals surface area contributed by atoms with E-state index in [1.807, 2.05) is 30.3 Å². The van der Waals surface area contributed by atoms with E-state index < -0.39 is 5.91 Å². The fraction of sp³-hybridized carbons (Fsp3) is 0.0952. The molecule has 0 saturated heterocycles. The molecule has 0 spiro atoms. The van der Waals surface area contributed by atoms with Gasteiger partial charge in [0.05, 0.1) is 11.6 Å². The minimum absolute atomic E-state index is 0.0945. The van der Waals surface area contributed by atoms with Crippen molar-refractivity contribution in [1.82, 2.24) is 14.8 Å². The molecule has 0 aliphatic rings. The summed E-state index contributed by atoms with van der Waals surface area (Å²) < 4.78 is 12.8. The summed E-state index contributed by atoms with van der Waals surface area (Å²) in [6.45, 7) is 0.648. The number of anilines is 1. The molecule has 0 unspecified atom stereocenters. The lowest BCUT2D eigenvalue weighted by Gasteiger charge is -2.07. The topological polar surface area (TPSA) is 82.2 Å². The van der Waals surface area contributed by atoms with Crippen molar-refractivity contribution >= 4 is 35.1 Å². The number of aromatic nitrogens is 3. The van der Waals surface area contributed by atoms with Crippen LogP contribution in [0.15, 0.2) is 71.4 Å². The van der Waals surface area contributed by atoms with Crippen LogP contribution in [-0.2, 0) is 13.2 Å². The smallest absolute Gasteiger partial charge is 0.293 e. The zero-order chi connectivity index (χ0) is 20.9. The summed E-state index contributed by atoms with van der Waals surface area (Å²) in [4.78, 5) is 16.5. The van der Waals surface area contributed by atoms with Gasteiger partial charge in [0, 0.05) is 0 Å². The third-order valence-electron chi connectivity index (χ3n) is 4.12. The number of hydrogen-bond acceptors (Lipinski definition) is 5. The van der Waals surface area contributed by atoms with Gasteiger partial charge in [-0.05, 0) is 29.8 Å². The van der Waals surface area contributed by atoms with E-state index in [2.05, 4.69) is 15.4 Å². The van der Waals surface area contributed by atoms with Gasteiger partial charge in [0.2, 0.25) is 5.95 Å². The highest BCUT2D eigenvalue weighted by Crippen LogP contribution is 2.32. The van der Waals surface area contributed by atoms with Crippen LogP contribution in [0.5, 0.6) is 5.75 Å². The SMILES string of the molecule is O=C(Nc1ncn(Cc2ccccc2)n1)c1ccc(COc2cccc(Cl)c2Cl)o1. The lowest BCUT2D eigenvalue weighted by atomic mass is 10.2. The lowest BCUT2D eigenvalue weighted by molar-refractivity contribution is 0.0991. The summed E-state index contributed by atoms with van der Waals surface area (Å²) in [6, 6.07) is 18.1. The molecular weight excluding hydrogens is 427 g/mol. The van der Waals surface area contributed by atoms with Gasteiger partial charge in [0.15, 0.2) is 5.76 Å². The molecule has 0 aliphatic carbocycles. The number of ether oxygens (including phenoxy) is 1. The van der Waals surface area contributed by atoms with Crippen LogP contribution in [0, 0.1) is 0 Å². The molecule has 4 rings (SSSR count). The zero-order valence-electron chi connectivity index (χ0n) is 15.6. The Labute approximate surface area is 182 Å². The van der Waals surface area contributed by atoms with Crippen molar-refractivity contribution in [3.8, 4) is 5.75 Å². The molecule has 30 heavy (non-hydrogen) atoms. The molecule has 2 aromatic carbocycles. The number of benzene rings is 2. The van der Waals surface area contributed by atoms with Crippen molar-refractivity contribution in [3.63, 3.8) is 0 Å². The highest BCUT2D eigenvalue weighted by molar-refractivity contribution is 6.42. The van der Waals surface area contributed by atoms with Gasteiger partial charge in [-0.15, -0.1) is 5.10 Å². The van der Waals surface area contributed by atoms with Crippen molar-refractivity contribution in [2.24, 2.45) is 0 Å². The van der Waals surface area contributed by atoms with E-state index in [1.54, 1.807) is 41.3 Å². The quantitative estimate of drug-likeness (QED) is 0.432. The van der Waals surface area contributed by atoms with Crippen molar-refractivity contribution in [1.29, 1.82) is 0 Å². The maximum absolute atomic E-state index is 12.4. The molecule has 1 amide bonds. The maximum Gasteiger partial charge on any atom is 0.293 e. The molecule has 1 N–H and O–H groups in total. The van der Waals surface area contributed by atoms with E-state index in [1.165, 1.54) is 0 Å². The highest BCUT2D eigenvalue weighted by Gasteiger charge is 2.15.